The lowest BCUT2D eigenvalue weighted by molar-refractivity contribution is -0.137. The number of amides is 1. The van der Waals surface area contributed by atoms with Crippen molar-refractivity contribution in [3.8, 4) is 5.75 Å². The summed E-state index contributed by atoms with van der Waals surface area (Å²) in [5, 5.41) is 0. The molecular formula is C22H27NO4S. The standard InChI is InChI=1S/C22H27NO4S/c1-17(14-19-10-6-7-11-21(19)27-2)23(15-18-8-4-3-5-9-18)22(24)20-12-13-28(25,26)16-20/h3-11,17,20H,12-16H2,1-2H3. The lowest BCUT2D eigenvalue weighted by Gasteiger charge is -2.32. The first-order chi connectivity index (χ1) is 13.4. The molecule has 2 atom stereocenters. The van der Waals surface area contributed by atoms with Gasteiger partial charge >= 0.3 is 0 Å². The van der Waals surface area contributed by atoms with Crippen LogP contribution in [0.3, 0.4) is 0 Å². The average molecular weight is 402 g/mol. The Labute approximate surface area is 167 Å². The van der Waals surface area contributed by atoms with Crippen molar-refractivity contribution < 1.29 is 17.9 Å². The second-order valence-corrected chi connectivity index (χ2v) is 9.65. The monoisotopic (exact) mass is 401 g/mol. The number of methoxy groups -OCH3 is 1. The van der Waals surface area contributed by atoms with E-state index in [4.69, 9.17) is 4.74 Å². The highest BCUT2D eigenvalue weighted by Crippen LogP contribution is 2.26. The predicted molar refractivity (Wildman–Crippen MR) is 110 cm³/mol. The number of hydrogen-bond acceptors (Lipinski definition) is 4. The number of nitrogens with zero attached hydrogens (tertiary/aromatic N) is 1. The van der Waals surface area contributed by atoms with Crippen molar-refractivity contribution in [2.24, 2.45) is 5.92 Å². The van der Waals surface area contributed by atoms with Crippen LogP contribution in [0.25, 0.3) is 0 Å². The number of sulfone groups is 1. The van der Waals surface area contributed by atoms with Crippen molar-refractivity contribution in [2.45, 2.75) is 32.4 Å². The van der Waals surface area contributed by atoms with Crippen LogP contribution in [-0.4, -0.2) is 43.9 Å². The molecule has 0 spiro atoms. The Bertz CT molecular complexity index is 911. The van der Waals surface area contributed by atoms with Gasteiger partial charge in [0.25, 0.3) is 0 Å². The van der Waals surface area contributed by atoms with Crippen molar-refractivity contribution in [2.75, 3.05) is 18.6 Å². The van der Waals surface area contributed by atoms with Gasteiger partial charge in [-0.15, -0.1) is 0 Å². The molecule has 28 heavy (non-hydrogen) atoms. The predicted octanol–water partition coefficient (Wildman–Crippen LogP) is 3.09. The fourth-order valence-electron chi connectivity index (χ4n) is 3.76. The van der Waals surface area contributed by atoms with Gasteiger partial charge in [0.1, 0.15) is 5.75 Å². The van der Waals surface area contributed by atoms with Gasteiger partial charge in [-0.3, -0.25) is 4.79 Å². The summed E-state index contributed by atoms with van der Waals surface area (Å²) in [5.41, 5.74) is 2.06. The Hall–Kier alpha value is -2.34. The van der Waals surface area contributed by atoms with Crippen molar-refractivity contribution in [3.63, 3.8) is 0 Å². The van der Waals surface area contributed by atoms with E-state index in [0.29, 0.717) is 19.4 Å². The van der Waals surface area contributed by atoms with Gasteiger partial charge in [-0.1, -0.05) is 48.5 Å². The summed E-state index contributed by atoms with van der Waals surface area (Å²) in [7, 11) is -1.47. The zero-order valence-electron chi connectivity index (χ0n) is 16.4. The highest BCUT2D eigenvalue weighted by Gasteiger charge is 2.36. The van der Waals surface area contributed by atoms with Gasteiger partial charge in [-0.25, -0.2) is 8.42 Å². The molecule has 1 fully saturated rings. The molecule has 6 heteroatoms. The number of carbonyl (C=O) groups excluding carboxylic acids is 1. The smallest absolute Gasteiger partial charge is 0.227 e. The minimum atomic E-state index is -3.11. The zero-order valence-corrected chi connectivity index (χ0v) is 17.2. The van der Waals surface area contributed by atoms with Crippen molar-refractivity contribution in [3.05, 3.63) is 65.7 Å². The topological polar surface area (TPSA) is 63.7 Å². The number of rotatable bonds is 7. The van der Waals surface area contributed by atoms with Crippen molar-refractivity contribution in [1.82, 2.24) is 4.90 Å². The lowest BCUT2D eigenvalue weighted by atomic mass is 10.0. The molecule has 2 unspecified atom stereocenters. The van der Waals surface area contributed by atoms with E-state index in [-0.39, 0.29) is 23.5 Å². The number of benzene rings is 2. The molecule has 1 aliphatic heterocycles. The van der Waals surface area contributed by atoms with Crippen LogP contribution < -0.4 is 4.74 Å². The largest absolute Gasteiger partial charge is 0.496 e. The molecule has 0 aromatic heterocycles. The molecule has 3 rings (SSSR count). The van der Waals surface area contributed by atoms with E-state index in [0.717, 1.165) is 16.9 Å². The second kappa shape index (κ2) is 8.78. The normalized spacial score (nSPS) is 19.1. The Kier molecular flexibility index (Phi) is 6.39. The molecule has 1 amide bonds. The van der Waals surface area contributed by atoms with E-state index in [1.54, 1.807) is 7.11 Å². The summed E-state index contributed by atoms with van der Waals surface area (Å²) in [5.74, 6) is 0.327. The van der Waals surface area contributed by atoms with Gasteiger partial charge in [-0.2, -0.15) is 0 Å². The summed E-state index contributed by atoms with van der Waals surface area (Å²) in [6, 6.07) is 17.5. The summed E-state index contributed by atoms with van der Waals surface area (Å²) in [6.07, 6.45) is 1.05. The molecule has 5 nitrogen and oxygen atoms in total. The Morgan fingerprint density at radius 2 is 1.82 bits per heavy atom. The number of carbonyl (C=O) groups is 1. The van der Waals surface area contributed by atoms with E-state index >= 15 is 0 Å². The Balaban J connectivity index is 1.83. The van der Waals surface area contributed by atoms with Crippen molar-refractivity contribution in [1.29, 1.82) is 0 Å². The van der Waals surface area contributed by atoms with E-state index in [1.165, 1.54) is 0 Å². The maximum atomic E-state index is 13.3. The first kappa shape index (κ1) is 20.4. The molecule has 1 heterocycles. The lowest BCUT2D eigenvalue weighted by Crippen LogP contribution is -2.43. The van der Waals surface area contributed by atoms with Crippen LogP contribution in [0.2, 0.25) is 0 Å². The van der Waals surface area contributed by atoms with Gasteiger partial charge in [0.05, 0.1) is 24.5 Å². The highest BCUT2D eigenvalue weighted by atomic mass is 32.2. The molecule has 0 aliphatic carbocycles. The molecule has 0 bridgehead atoms. The molecule has 0 saturated carbocycles. The third kappa shape index (κ3) is 4.93. The van der Waals surface area contributed by atoms with Gasteiger partial charge in [0.15, 0.2) is 9.84 Å². The van der Waals surface area contributed by atoms with Crippen molar-refractivity contribution >= 4 is 15.7 Å². The quantitative estimate of drug-likeness (QED) is 0.715. The van der Waals surface area contributed by atoms with E-state index < -0.39 is 15.8 Å². The van der Waals surface area contributed by atoms with Gasteiger partial charge in [0.2, 0.25) is 5.91 Å². The number of para-hydroxylation sites is 1. The third-order valence-corrected chi connectivity index (χ3v) is 7.07. The number of ether oxygens (including phenoxy) is 1. The summed E-state index contributed by atoms with van der Waals surface area (Å²) in [6.45, 7) is 2.48. The molecule has 2 aromatic carbocycles. The molecule has 0 N–H and O–H groups in total. The van der Waals surface area contributed by atoms with Crippen LogP contribution in [0.4, 0.5) is 0 Å². The van der Waals surface area contributed by atoms with Crippen LogP contribution >= 0.6 is 0 Å². The fraction of sp³-hybridized carbons (Fsp3) is 0.409. The minimum Gasteiger partial charge on any atom is -0.496 e. The van der Waals surface area contributed by atoms with Gasteiger partial charge < -0.3 is 9.64 Å². The van der Waals surface area contributed by atoms with Crippen LogP contribution in [0.5, 0.6) is 5.75 Å². The van der Waals surface area contributed by atoms with E-state index in [9.17, 15) is 13.2 Å². The van der Waals surface area contributed by atoms with Crippen LogP contribution in [0.1, 0.15) is 24.5 Å². The summed E-state index contributed by atoms with van der Waals surface area (Å²) < 4.78 is 29.2. The Morgan fingerprint density at radius 1 is 1.14 bits per heavy atom. The van der Waals surface area contributed by atoms with Crippen LogP contribution in [0, 0.1) is 5.92 Å². The first-order valence-corrected chi connectivity index (χ1v) is 11.4. The third-order valence-electron chi connectivity index (χ3n) is 5.30. The molecular weight excluding hydrogens is 374 g/mol. The molecule has 2 aromatic rings. The van der Waals surface area contributed by atoms with E-state index in [2.05, 4.69) is 0 Å². The second-order valence-electron chi connectivity index (χ2n) is 7.42. The van der Waals surface area contributed by atoms with Gasteiger partial charge in [0, 0.05) is 12.6 Å². The zero-order chi connectivity index (χ0) is 20.1. The van der Waals surface area contributed by atoms with Crippen LogP contribution in [0.15, 0.2) is 54.6 Å². The summed E-state index contributed by atoms with van der Waals surface area (Å²) in [4.78, 5) is 15.1. The summed E-state index contributed by atoms with van der Waals surface area (Å²) >= 11 is 0. The number of hydrogen-bond donors (Lipinski definition) is 0. The molecule has 1 saturated heterocycles. The van der Waals surface area contributed by atoms with Crippen LogP contribution in [-0.2, 0) is 27.6 Å². The fourth-order valence-corrected chi connectivity index (χ4v) is 5.49. The molecule has 0 radical (unpaired) electrons. The maximum absolute atomic E-state index is 13.3. The minimum absolute atomic E-state index is 0.0432. The van der Waals surface area contributed by atoms with E-state index in [1.807, 2.05) is 66.4 Å². The van der Waals surface area contributed by atoms with Gasteiger partial charge in [-0.05, 0) is 37.0 Å². The SMILES string of the molecule is COc1ccccc1CC(C)N(Cc1ccccc1)C(=O)C1CCS(=O)(=O)C1. The maximum Gasteiger partial charge on any atom is 0.227 e. The highest BCUT2D eigenvalue weighted by molar-refractivity contribution is 7.91. The molecule has 1 aliphatic rings. The molecule has 150 valence electrons. The Morgan fingerprint density at radius 3 is 2.46 bits per heavy atom. The average Bonchev–Trinajstić information content (AvgIpc) is 3.06. The first-order valence-electron chi connectivity index (χ1n) is 9.56.